The van der Waals surface area contributed by atoms with Crippen LogP contribution in [-0.2, 0) is 10.2 Å². The fourth-order valence-electron chi connectivity index (χ4n) is 1.80. The molecule has 0 heterocycles. The second kappa shape index (κ2) is 6.03. The highest BCUT2D eigenvalue weighted by molar-refractivity contribution is 5.87. The Hall–Kier alpha value is -1.31. The van der Waals surface area contributed by atoms with Crippen molar-refractivity contribution in [2.75, 3.05) is 6.54 Å². The third kappa shape index (κ3) is 3.86. The Kier molecular flexibility index (Phi) is 4.94. The summed E-state index contributed by atoms with van der Waals surface area (Å²) >= 11 is 0. The number of aryl methyl sites for hydroxylation is 1. The maximum Gasteiger partial charge on any atom is 0.230 e. The Morgan fingerprint density at radius 3 is 2.28 bits per heavy atom. The molecule has 2 nitrogen and oxygen atoms in total. The molecule has 0 atom stereocenters. The summed E-state index contributed by atoms with van der Waals surface area (Å²) in [5.74, 6) is 0.722. The highest BCUT2D eigenvalue weighted by Crippen LogP contribution is 2.23. The van der Waals surface area contributed by atoms with Crippen molar-refractivity contribution in [1.29, 1.82) is 0 Å². The van der Waals surface area contributed by atoms with E-state index in [2.05, 4.69) is 38.2 Å². The van der Waals surface area contributed by atoms with E-state index in [1.807, 2.05) is 26.0 Å². The number of amides is 1. The molecule has 2 heteroatoms. The monoisotopic (exact) mass is 247 g/mol. The van der Waals surface area contributed by atoms with E-state index in [1.54, 1.807) is 0 Å². The summed E-state index contributed by atoms with van der Waals surface area (Å²) in [5, 5.41) is 3.03. The molecule has 0 unspecified atom stereocenters. The van der Waals surface area contributed by atoms with Crippen LogP contribution >= 0.6 is 0 Å². The number of carbonyl (C=O) groups is 1. The second-order valence-corrected chi connectivity index (χ2v) is 5.93. The SMILES string of the molecule is Cc1ccc(C(C)(C)C(=O)NCCC(C)C)cc1. The molecule has 0 aliphatic carbocycles. The van der Waals surface area contributed by atoms with E-state index in [4.69, 9.17) is 0 Å². The lowest BCUT2D eigenvalue weighted by molar-refractivity contribution is -0.125. The smallest absolute Gasteiger partial charge is 0.230 e. The van der Waals surface area contributed by atoms with E-state index < -0.39 is 5.41 Å². The maximum atomic E-state index is 12.2. The molecule has 1 amide bonds. The number of nitrogens with one attached hydrogen (secondary N) is 1. The zero-order valence-corrected chi connectivity index (χ0v) is 12.2. The van der Waals surface area contributed by atoms with E-state index in [0.717, 1.165) is 18.5 Å². The van der Waals surface area contributed by atoms with Gasteiger partial charge in [0, 0.05) is 6.54 Å². The average Bonchev–Trinajstić information content (AvgIpc) is 2.28. The van der Waals surface area contributed by atoms with Gasteiger partial charge >= 0.3 is 0 Å². The first-order chi connectivity index (χ1) is 8.34. The first-order valence-electron chi connectivity index (χ1n) is 6.69. The molecule has 1 aromatic rings. The second-order valence-electron chi connectivity index (χ2n) is 5.93. The lowest BCUT2D eigenvalue weighted by Gasteiger charge is -2.24. The van der Waals surface area contributed by atoms with Crippen LogP contribution in [0.4, 0.5) is 0 Å². The normalized spacial score (nSPS) is 11.7. The lowest BCUT2D eigenvalue weighted by atomic mass is 9.83. The molecule has 0 saturated carbocycles. The summed E-state index contributed by atoms with van der Waals surface area (Å²) in [6, 6.07) is 8.19. The highest BCUT2D eigenvalue weighted by atomic mass is 16.2. The van der Waals surface area contributed by atoms with Gasteiger partial charge in [0.15, 0.2) is 0 Å². The van der Waals surface area contributed by atoms with E-state index in [9.17, 15) is 4.79 Å². The summed E-state index contributed by atoms with van der Waals surface area (Å²) in [7, 11) is 0. The van der Waals surface area contributed by atoms with Crippen LogP contribution < -0.4 is 5.32 Å². The number of hydrogen-bond donors (Lipinski definition) is 1. The van der Waals surface area contributed by atoms with Gasteiger partial charge in [-0.3, -0.25) is 4.79 Å². The Morgan fingerprint density at radius 1 is 1.22 bits per heavy atom. The van der Waals surface area contributed by atoms with Crippen LogP contribution in [0.2, 0.25) is 0 Å². The molecule has 0 radical (unpaired) electrons. The van der Waals surface area contributed by atoms with Crippen LogP contribution in [0.1, 0.15) is 45.2 Å². The standard InChI is InChI=1S/C16H25NO/c1-12(2)10-11-17-15(18)16(4,5)14-8-6-13(3)7-9-14/h6-9,12H,10-11H2,1-5H3,(H,17,18). The molecule has 0 bridgehead atoms. The summed E-state index contributed by atoms with van der Waals surface area (Å²) in [6.07, 6.45) is 1.02. The average molecular weight is 247 g/mol. The molecule has 0 aromatic heterocycles. The Bertz CT molecular complexity index is 390. The molecule has 0 spiro atoms. The number of benzene rings is 1. The van der Waals surface area contributed by atoms with Crippen molar-refractivity contribution in [3.63, 3.8) is 0 Å². The van der Waals surface area contributed by atoms with Crippen LogP contribution in [0.25, 0.3) is 0 Å². The molecular formula is C16H25NO. The van der Waals surface area contributed by atoms with Gasteiger partial charge in [-0.2, -0.15) is 0 Å². The first-order valence-corrected chi connectivity index (χ1v) is 6.69. The summed E-state index contributed by atoms with van der Waals surface area (Å²) in [5.41, 5.74) is 1.81. The van der Waals surface area contributed by atoms with Crippen LogP contribution in [-0.4, -0.2) is 12.5 Å². The number of hydrogen-bond acceptors (Lipinski definition) is 1. The molecule has 0 aliphatic heterocycles. The van der Waals surface area contributed by atoms with Crippen LogP contribution in [0.5, 0.6) is 0 Å². The summed E-state index contributed by atoms with van der Waals surface area (Å²) in [6.45, 7) is 11.1. The van der Waals surface area contributed by atoms with Gasteiger partial charge in [-0.05, 0) is 38.7 Å². The molecule has 0 saturated heterocycles. The van der Waals surface area contributed by atoms with Gasteiger partial charge < -0.3 is 5.32 Å². The van der Waals surface area contributed by atoms with Crippen LogP contribution in [0, 0.1) is 12.8 Å². The summed E-state index contributed by atoms with van der Waals surface area (Å²) < 4.78 is 0. The van der Waals surface area contributed by atoms with Crippen molar-refractivity contribution in [2.24, 2.45) is 5.92 Å². The zero-order valence-electron chi connectivity index (χ0n) is 12.2. The molecule has 1 N–H and O–H groups in total. The molecule has 1 rings (SSSR count). The minimum atomic E-state index is -0.468. The van der Waals surface area contributed by atoms with Gasteiger partial charge in [-0.25, -0.2) is 0 Å². The van der Waals surface area contributed by atoms with E-state index >= 15 is 0 Å². The topological polar surface area (TPSA) is 29.1 Å². The minimum absolute atomic E-state index is 0.104. The molecule has 100 valence electrons. The van der Waals surface area contributed by atoms with Gasteiger partial charge in [0.25, 0.3) is 0 Å². The maximum absolute atomic E-state index is 12.2. The van der Waals surface area contributed by atoms with Crippen molar-refractivity contribution in [2.45, 2.75) is 46.5 Å². The van der Waals surface area contributed by atoms with Crippen LogP contribution in [0.15, 0.2) is 24.3 Å². The molecule has 0 aliphatic rings. The van der Waals surface area contributed by atoms with Crippen molar-refractivity contribution < 1.29 is 4.79 Å². The molecule has 0 fully saturated rings. The van der Waals surface area contributed by atoms with Gasteiger partial charge in [0.05, 0.1) is 5.41 Å². The van der Waals surface area contributed by atoms with Crippen molar-refractivity contribution >= 4 is 5.91 Å². The highest BCUT2D eigenvalue weighted by Gasteiger charge is 2.29. The van der Waals surface area contributed by atoms with E-state index in [0.29, 0.717) is 5.92 Å². The lowest BCUT2D eigenvalue weighted by Crippen LogP contribution is -2.40. The third-order valence-electron chi connectivity index (χ3n) is 3.35. The molecule has 18 heavy (non-hydrogen) atoms. The number of rotatable bonds is 5. The largest absolute Gasteiger partial charge is 0.355 e. The van der Waals surface area contributed by atoms with Gasteiger partial charge in [-0.1, -0.05) is 43.7 Å². The fraction of sp³-hybridized carbons (Fsp3) is 0.562. The Balaban J connectivity index is 2.67. The quantitative estimate of drug-likeness (QED) is 0.848. The van der Waals surface area contributed by atoms with Crippen LogP contribution in [0.3, 0.4) is 0 Å². The Morgan fingerprint density at radius 2 is 1.78 bits per heavy atom. The van der Waals surface area contributed by atoms with E-state index in [1.165, 1.54) is 5.56 Å². The predicted octanol–water partition coefficient (Wildman–Crippen LogP) is 3.43. The van der Waals surface area contributed by atoms with Gasteiger partial charge in [-0.15, -0.1) is 0 Å². The first kappa shape index (κ1) is 14.7. The van der Waals surface area contributed by atoms with Crippen molar-refractivity contribution in [3.8, 4) is 0 Å². The number of carbonyl (C=O) groups excluding carboxylic acids is 1. The van der Waals surface area contributed by atoms with Crippen molar-refractivity contribution in [1.82, 2.24) is 5.32 Å². The minimum Gasteiger partial charge on any atom is -0.355 e. The van der Waals surface area contributed by atoms with E-state index in [-0.39, 0.29) is 5.91 Å². The Labute approximate surface area is 111 Å². The van der Waals surface area contributed by atoms with Gasteiger partial charge in [0.2, 0.25) is 5.91 Å². The molecule has 1 aromatic carbocycles. The van der Waals surface area contributed by atoms with Crippen molar-refractivity contribution in [3.05, 3.63) is 35.4 Å². The zero-order chi connectivity index (χ0) is 13.8. The predicted molar refractivity (Wildman–Crippen MR) is 76.7 cm³/mol. The fourth-order valence-corrected chi connectivity index (χ4v) is 1.80. The summed E-state index contributed by atoms with van der Waals surface area (Å²) in [4.78, 5) is 12.2. The third-order valence-corrected chi connectivity index (χ3v) is 3.35. The van der Waals surface area contributed by atoms with Gasteiger partial charge in [0.1, 0.15) is 0 Å². The molecular weight excluding hydrogens is 222 g/mol.